The van der Waals surface area contributed by atoms with Gasteiger partial charge in [-0.15, -0.1) is 0 Å². The molecule has 3 rings (SSSR count). The van der Waals surface area contributed by atoms with Crippen molar-refractivity contribution in [2.24, 2.45) is 0 Å². The lowest BCUT2D eigenvalue weighted by molar-refractivity contribution is 0.340. The van der Waals surface area contributed by atoms with Crippen molar-refractivity contribution in [2.45, 2.75) is 0 Å². The highest BCUT2D eigenvalue weighted by atomic mass is 16.5. The maximum absolute atomic E-state index is 12.5. The maximum atomic E-state index is 12.5. The summed E-state index contributed by atoms with van der Waals surface area (Å²) in [6.07, 6.45) is 0. The zero-order valence-corrected chi connectivity index (χ0v) is 14.2. The Labute approximate surface area is 147 Å². The fraction of sp³-hybridized carbons (Fsp3) is 0.167. The molecule has 136 valence electrons. The van der Waals surface area contributed by atoms with Gasteiger partial charge in [0.25, 0.3) is 0 Å². The van der Waals surface area contributed by atoms with Gasteiger partial charge >= 0.3 is 0 Å². The average molecular weight is 360 g/mol. The van der Waals surface area contributed by atoms with E-state index in [0.717, 1.165) is 0 Å². The molecule has 0 saturated carbocycles. The summed E-state index contributed by atoms with van der Waals surface area (Å²) >= 11 is 0. The minimum Gasteiger partial charge on any atom is -0.507 e. The fourth-order valence-electron chi connectivity index (χ4n) is 2.60. The van der Waals surface area contributed by atoms with E-state index in [4.69, 9.17) is 18.6 Å². The van der Waals surface area contributed by atoms with E-state index in [-0.39, 0.29) is 51.0 Å². The number of rotatable bonds is 4. The zero-order chi connectivity index (χ0) is 19.0. The van der Waals surface area contributed by atoms with Crippen LogP contribution in [0.25, 0.3) is 22.3 Å². The molecule has 8 heteroatoms. The molecular weight excluding hydrogens is 344 g/mol. The van der Waals surface area contributed by atoms with Gasteiger partial charge in [-0.1, -0.05) is 0 Å². The first-order valence-electron chi connectivity index (χ1n) is 7.43. The molecule has 0 spiro atoms. The highest BCUT2D eigenvalue weighted by Crippen LogP contribution is 2.43. The molecule has 0 amide bonds. The van der Waals surface area contributed by atoms with E-state index < -0.39 is 11.2 Å². The fourth-order valence-corrected chi connectivity index (χ4v) is 2.60. The Kier molecular flexibility index (Phi) is 4.25. The minimum absolute atomic E-state index is 0.0191. The van der Waals surface area contributed by atoms with E-state index in [2.05, 4.69) is 0 Å². The van der Waals surface area contributed by atoms with E-state index in [1.54, 1.807) is 0 Å². The second-order valence-corrected chi connectivity index (χ2v) is 5.36. The molecule has 3 N–H and O–H groups in total. The van der Waals surface area contributed by atoms with Crippen LogP contribution in [0.5, 0.6) is 34.5 Å². The molecule has 1 aromatic heterocycles. The molecule has 0 atom stereocenters. The average Bonchev–Trinajstić information content (AvgIpc) is 2.64. The second-order valence-electron chi connectivity index (χ2n) is 5.36. The van der Waals surface area contributed by atoms with Gasteiger partial charge in [0.2, 0.25) is 16.9 Å². The van der Waals surface area contributed by atoms with Crippen molar-refractivity contribution < 1.29 is 33.9 Å². The Morgan fingerprint density at radius 3 is 2.00 bits per heavy atom. The minimum atomic E-state index is -0.813. The Morgan fingerprint density at radius 1 is 0.846 bits per heavy atom. The van der Waals surface area contributed by atoms with Crippen LogP contribution in [-0.2, 0) is 0 Å². The van der Waals surface area contributed by atoms with Gasteiger partial charge in [-0.05, 0) is 12.1 Å². The summed E-state index contributed by atoms with van der Waals surface area (Å²) in [5.74, 6) is -1.09. The third-order valence-corrected chi connectivity index (χ3v) is 3.90. The normalized spacial score (nSPS) is 10.7. The van der Waals surface area contributed by atoms with E-state index in [1.807, 2.05) is 0 Å². The molecule has 0 radical (unpaired) electrons. The molecule has 0 fully saturated rings. The topological polar surface area (TPSA) is 119 Å². The van der Waals surface area contributed by atoms with Crippen LogP contribution in [0.3, 0.4) is 0 Å². The molecule has 0 aliphatic carbocycles. The van der Waals surface area contributed by atoms with E-state index >= 15 is 0 Å². The lowest BCUT2D eigenvalue weighted by Crippen LogP contribution is -2.03. The van der Waals surface area contributed by atoms with Crippen LogP contribution >= 0.6 is 0 Å². The second kappa shape index (κ2) is 6.40. The number of methoxy groups -OCH3 is 3. The molecule has 0 bridgehead atoms. The number of aromatic hydroxyl groups is 3. The van der Waals surface area contributed by atoms with Crippen LogP contribution in [-0.4, -0.2) is 36.6 Å². The number of fused-ring (bicyclic) bond motifs is 1. The van der Waals surface area contributed by atoms with Crippen LogP contribution in [0.15, 0.2) is 33.5 Å². The first-order valence-corrected chi connectivity index (χ1v) is 7.43. The van der Waals surface area contributed by atoms with Crippen molar-refractivity contribution in [3.05, 3.63) is 34.5 Å². The van der Waals surface area contributed by atoms with Gasteiger partial charge in [-0.2, -0.15) is 0 Å². The van der Waals surface area contributed by atoms with Crippen LogP contribution in [0.2, 0.25) is 0 Å². The summed E-state index contributed by atoms with van der Waals surface area (Å²) in [4.78, 5) is 12.5. The van der Waals surface area contributed by atoms with Crippen molar-refractivity contribution in [3.8, 4) is 45.8 Å². The third kappa shape index (κ3) is 2.61. The molecule has 2 aromatic carbocycles. The van der Waals surface area contributed by atoms with Crippen molar-refractivity contribution >= 4 is 11.0 Å². The quantitative estimate of drug-likeness (QED) is 0.650. The molecule has 26 heavy (non-hydrogen) atoms. The predicted octanol–water partition coefficient (Wildman–Crippen LogP) is 2.60. The number of phenols is 2. The van der Waals surface area contributed by atoms with Gasteiger partial charge in [-0.3, -0.25) is 4.79 Å². The molecule has 0 aliphatic heterocycles. The van der Waals surface area contributed by atoms with Crippen LogP contribution in [0.1, 0.15) is 0 Å². The zero-order valence-electron chi connectivity index (χ0n) is 14.2. The number of phenolic OH excluding ortho intramolecular Hbond substituents is 2. The van der Waals surface area contributed by atoms with Crippen LogP contribution in [0, 0.1) is 0 Å². The van der Waals surface area contributed by atoms with E-state index in [0.29, 0.717) is 0 Å². The van der Waals surface area contributed by atoms with Gasteiger partial charge in [-0.25, -0.2) is 0 Å². The Balaban J connectivity index is 2.36. The maximum Gasteiger partial charge on any atom is 0.238 e. The Bertz CT molecular complexity index is 1030. The lowest BCUT2D eigenvalue weighted by atomic mass is 10.1. The molecule has 0 saturated heterocycles. The van der Waals surface area contributed by atoms with Crippen LogP contribution in [0.4, 0.5) is 0 Å². The third-order valence-electron chi connectivity index (χ3n) is 3.90. The predicted molar refractivity (Wildman–Crippen MR) is 92.6 cm³/mol. The summed E-state index contributed by atoms with van der Waals surface area (Å²) < 4.78 is 20.8. The highest BCUT2D eigenvalue weighted by Gasteiger charge is 2.21. The van der Waals surface area contributed by atoms with E-state index in [9.17, 15) is 20.1 Å². The molecule has 3 aromatic rings. The van der Waals surface area contributed by atoms with Crippen LogP contribution < -0.4 is 19.6 Å². The summed E-state index contributed by atoms with van der Waals surface area (Å²) in [6.45, 7) is 0. The van der Waals surface area contributed by atoms with Crippen molar-refractivity contribution in [1.29, 1.82) is 0 Å². The highest BCUT2D eigenvalue weighted by molar-refractivity contribution is 5.88. The SMILES string of the molecule is COc1cc(O)c2c(=O)c(O)c(-c3cc(OC)c(O)c(OC)c3)oc2c1. The van der Waals surface area contributed by atoms with E-state index in [1.165, 1.54) is 45.6 Å². The summed E-state index contributed by atoms with van der Waals surface area (Å²) in [6, 6.07) is 5.41. The standard InChI is InChI=1S/C18H16O8/c1-23-9-6-10(19)14-11(7-9)26-18(17(22)16(14)21)8-4-12(24-2)15(20)13(5-8)25-3/h4-7,19-20,22H,1-3H3. The number of hydrogen-bond acceptors (Lipinski definition) is 8. The Hall–Kier alpha value is -3.55. The van der Waals surface area contributed by atoms with Gasteiger partial charge in [0.1, 0.15) is 22.5 Å². The lowest BCUT2D eigenvalue weighted by Gasteiger charge is -2.12. The van der Waals surface area contributed by atoms with Gasteiger partial charge in [0, 0.05) is 17.7 Å². The van der Waals surface area contributed by atoms with Gasteiger partial charge in [0.05, 0.1) is 21.3 Å². The summed E-state index contributed by atoms with van der Waals surface area (Å²) in [5.41, 5.74) is -0.562. The Morgan fingerprint density at radius 2 is 1.46 bits per heavy atom. The number of hydrogen-bond donors (Lipinski definition) is 3. The first kappa shape index (κ1) is 17.3. The molecule has 1 heterocycles. The molecule has 0 aliphatic rings. The molecular formula is C18H16O8. The number of benzene rings is 2. The molecule has 8 nitrogen and oxygen atoms in total. The first-order chi connectivity index (χ1) is 12.4. The van der Waals surface area contributed by atoms with Crippen molar-refractivity contribution in [1.82, 2.24) is 0 Å². The number of ether oxygens (including phenoxy) is 3. The molecule has 0 unspecified atom stereocenters. The smallest absolute Gasteiger partial charge is 0.238 e. The largest absolute Gasteiger partial charge is 0.507 e. The summed E-state index contributed by atoms with van der Waals surface area (Å²) in [7, 11) is 4.09. The summed E-state index contributed by atoms with van der Waals surface area (Å²) in [5, 5.41) is 30.2. The monoisotopic (exact) mass is 360 g/mol. The van der Waals surface area contributed by atoms with Crippen molar-refractivity contribution in [2.75, 3.05) is 21.3 Å². The van der Waals surface area contributed by atoms with Crippen molar-refractivity contribution in [3.63, 3.8) is 0 Å². The van der Waals surface area contributed by atoms with Gasteiger partial charge < -0.3 is 33.9 Å². The van der Waals surface area contributed by atoms with Gasteiger partial charge in [0.15, 0.2) is 17.3 Å².